The molecule has 0 aliphatic carbocycles. The molecular weight excluding hydrogens is 446 g/mol. The number of sulfone groups is 1. The van der Waals surface area contributed by atoms with Crippen LogP contribution in [-0.4, -0.2) is 47.5 Å². The summed E-state index contributed by atoms with van der Waals surface area (Å²) in [5, 5.41) is 13.2. The first-order chi connectivity index (χ1) is 15.3. The predicted octanol–water partition coefficient (Wildman–Crippen LogP) is 4.52. The van der Waals surface area contributed by atoms with E-state index >= 15 is 0 Å². The first-order valence-electron chi connectivity index (χ1n) is 10.6. The molecule has 0 aliphatic rings. The lowest BCUT2D eigenvalue weighted by atomic mass is 10.0. The highest BCUT2D eigenvalue weighted by atomic mass is 32.2. The van der Waals surface area contributed by atoms with Gasteiger partial charge in [-0.25, -0.2) is 13.4 Å². The van der Waals surface area contributed by atoms with Crippen molar-refractivity contribution < 1.29 is 13.2 Å². The van der Waals surface area contributed by atoms with E-state index in [1.165, 1.54) is 15.9 Å². The molecule has 0 amide bonds. The Hall–Kier alpha value is -2.56. The maximum absolute atomic E-state index is 13.3. The number of benzene rings is 1. The number of aromatic nitrogens is 4. The third kappa shape index (κ3) is 4.35. The monoisotopic (exact) mass is 473 g/mol. The van der Waals surface area contributed by atoms with Crippen LogP contribution in [0.3, 0.4) is 0 Å². The molecule has 170 valence electrons. The van der Waals surface area contributed by atoms with Crippen LogP contribution < -0.4 is 5.32 Å². The third-order valence-electron chi connectivity index (χ3n) is 5.10. The fourth-order valence-electron chi connectivity index (χ4n) is 3.36. The van der Waals surface area contributed by atoms with Crippen molar-refractivity contribution >= 4 is 42.9 Å². The van der Waals surface area contributed by atoms with Crippen LogP contribution in [0.25, 0.3) is 15.9 Å². The molecule has 0 unspecified atom stereocenters. The van der Waals surface area contributed by atoms with Gasteiger partial charge >= 0.3 is 0 Å². The second kappa shape index (κ2) is 9.13. The van der Waals surface area contributed by atoms with Gasteiger partial charge in [0.05, 0.1) is 21.2 Å². The van der Waals surface area contributed by atoms with Crippen LogP contribution in [0, 0.1) is 0 Å². The Labute approximate surface area is 191 Å². The van der Waals surface area contributed by atoms with Crippen molar-refractivity contribution in [3.8, 4) is 0 Å². The highest BCUT2D eigenvalue weighted by molar-refractivity contribution is 7.91. The Balaban J connectivity index is 1.70. The molecule has 1 N–H and O–H groups in total. The Morgan fingerprint density at radius 3 is 2.56 bits per heavy atom. The average Bonchev–Trinajstić information content (AvgIpc) is 3.40. The molecule has 0 saturated heterocycles. The van der Waals surface area contributed by atoms with Crippen molar-refractivity contribution in [2.45, 2.75) is 56.1 Å². The number of anilines is 1. The number of nitrogens with one attached hydrogen (secondary N) is 1. The fraction of sp³-hybridized carbons (Fsp3) is 0.409. The molecule has 32 heavy (non-hydrogen) atoms. The third-order valence-corrected chi connectivity index (χ3v) is 7.68. The first kappa shape index (κ1) is 22.6. The van der Waals surface area contributed by atoms with Gasteiger partial charge in [-0.2, -0.15) is 4.52 Å². The quantitative estimate of drug-likeness (QED) is 0.357. The van der Waals surface area contributed by atoms with Crippen molar-refractivity contribution in [1.82, 2.24) is 19.8 Å². The second-order valence-electron chi connectivity index (χ2n) is 8.15. The molecule has 4 rings (SSSR count). The number of hydrogen-bond acceptors (Lipinski definition) is 8. The van der Waals surface area contributed by atoms with Gasteiger partial charge < -0.3 is 10.1 Å². The van der Waals surface area contributed by atoms with Crippen LogP contribution in [0.1, 0.15) is 45.6 Å². The molecule has 0 spiro atoms. The van der Waals surface area contributed by atoms with E-state index in [0.717, 1.165) is 22.2 Å². The van der Waals surface area contributed by atoms with E-state index in [1.54, 1.807) is 12.1 Å². The summed E-state index contributed by atoms with van der Waals surface area (Å²) in [6, 6.07) is 8.80. The predicted molar refractivity (Wildman–Crippen MR) is 126 cm³/mol. The lowest BCUT2D eigenvalue weighted by Gasteiger charge is -2.10. The second-order valence-corrected chi connectivity index (χ2v) is 10.9. The van der Waals surface area contributed by atoms with Gasteiger partial charge in [0.2, 0.25) is 14.9 Å². The van der Waals surface area contributed by atoms with Crippen LogP contribution >= 0.6 is 11.3 Å². The minimum Gasteiger partial charge on any atom is -0.379 e. The summed E-state index contributed by atoms with van der Waals surface area (Å²) in [5.41, 5.74) is 2.05. The number of thiophene rings is 1. The smallest absolute Gasteiger partial charge is 0.229 e. The normalized spacial score (nSPS) is 12.4. The molecule has 3 heterocycles. The van der Waals surface area contributed by atoms with E-state index in [1.807, 2.05) is 37.4 Å². The van der Waals surface area contributed by atoms with E-state index in [4.69, 9.17) is 4.74 Å². The molecular formula is C22H27N5O3S2. The molecule has 1 aromatic carbocycles. The Bertz CT molecular complexity index is 1330. The minimum absolute atomic E-state index is 0.144. The van der Waals surface area contributed by atoms with E-state index in [2.05, 4.69) is 34.5 Å². The summed E-state index contributed by atoms with van der Waals surface area (Å²) in [5.74, 6) is 0.941. The van der Waals surface area contributed by atoms with Crippen molar-refractivity contribution in [1.29, 1.82) is 0 Å². The molecule has 0 atom stereocenters. The van der Waals surface area contributed by atoms with E-state index < -0.39 is 9.84 Å². The zero-order valence-corrected chi connectivity index (χ0v) is 20.2. The Kier molecular flexibility index (Phi) is 6.45. The number of nitrogens with zero attached hydrogens (tertiary/aromatic N) is 4. The van der Waals surface area contributed by atoms with Gasteiger partial charge in [0.25, 0.3) is 0 Å². The van der Waals surface area contributed by atoms with Gasteiger partial charge in [-0.05, 0) is 55.3 Å². The molecule has 0 fully saturated rings. The Morgan fingerprint density at radius 1 is 1.12 bits per heavy atom. The van der Waals surface area contributed by atoms with Gasteiger partial charge in [-0.3, -0.25) is 0 Å². The molecule has 0 aliphatic heterocycles. The highest BCUT2D eigenvalue weighted by Crippen LogP contribution is 2.31. The van der Waals surface area contributed by atoms with Gasteiger partial charge in [-0.15, -0.1) is 16.4 Å². The Morgan fingerprint density at radius 2 is 1.88 bits per heavy atom. The van der Waals surface area contributed by atoms with Gasteiger partial charge in [0, 0.05) is 13.2 Å². The van der Waals surface area contributed by atoms with Crippen LogP contribution in [0.4, 0.5) is 5.82 Å². The fourth-order valence-corrected chi connectivity index (χ4v) is 5.43. The standard InChI is InChI=1S/C22H27N5O3S2/c1-14(2)16-6-8-17(9-7-16)32(28,29)22-21-24-20(23-11-5-12-30-15(3)4)19-18(10-13-31-19)27(21)26-25-22/h6-10,13-15H,5,11-12H2,1-4H3,(H,23,24). The number of hydrogen-bond donors (Lipinski definition) is 1. The lowest BCUT2D eigenvalue weighted by Crippen LogP contribution is -2.11. The molecule has 3 aromatic heterocycles. The molecule has 0 bridgehead atoms. The largest absolute Gasteiger partial charge is 0.379 e. The highest BCUT2D eigenvalue weighted by Gasteiger charge is 2.27. The summed E-state index contributed by atoms with van der Waals surface area (Å²) >= 11 is 1.52. The molecule has 10 heteroatoms. The SMILES string of the molecule is CC(C)OCCCNc1nc2c(S(=O)(=O)c3ccc(C(C)C)cc3)nnn2c2ccsc12. The summed E-state index contributed by atoms with van der Waals surface area (Å²) in [7, 11) is -3.87. The van der Waals surface area contributed by atoms with E-state index in [0.29, 0.717) is 24.9 Å². The molecule has 0 radical (unpaired) electrons. The summed E-state index contributed by atoms with van der Waals surface area (Å²) < 4.78 is 34.7. The van der Waals surface area contributed by atoms with Crippen LogP contribution in [0.2, 0.25) is 0 Å². The van der Waals surface area contributed by atoms with E-state index in [-0.39, 0.29) is 21.7 Å². The molecule has 0 saturated carbocycles. The topological polar surface area (TPSA) is 98.5 Å². The van der Waals surface area contributed by atoms with Crippen LogP contribution in [0.15, 0.2) is 45.6 Å². The number of fused-ring (bicyclic) bond motifs is 3. The number of rotatable bonds is 9. The number of ether oxygens (including phenoxy) is 1. The molecule has 4 aromatic rings. The first-order valence-corrected chi connectivity index (χ1v) is 13.0. The van der Waals surface area contributed by atoms with Crippen molar-refractivity contribution in [2.75, 3.05) is 18.5 Å². The van der Waals surface area contributed by atoms with Crippen molar-refractivity contribution in [3.05, 3.63) is 41.3 Å². The van der Waals surface area contributed by atoms with Gasteiger partial charge in [0.1, 0.15) is 5.82 Å². The van der Waals surface area contributed by atoms with Gasteiger partial charge in [-0.1, -0.05) is 31.2 Å². The van der Waals surface area contributed by atoms with Gasteiger partial charge in [0.15, 0.2) is 5.65 Å². The maximum Gasteiger partial charge on any atom is 0.229 e. The summed E-state index contributed by atoms with van der Waals surface area (Å²) in [4.78, 5) is 4.80. The summed E-state index contributed by atoms with van der Waals surface area (Å²) in [6.45, 7) is 9.43. The summed E-state index contributed by atoms with van der Waals surface area (Å²) in [6.07, 6.45) is 0.997. The minimum atomic E-state index is -3.87. The van der Waals surface area contributed by atoms with Crippen LogP contribution in [0.5, 0.6) is 0 Å². The van der Waals surface area contributed by atoms with Crippen LogP contribution in [-0.2, 0) is 14.6 Å². The van der Waals surface area contributed by atoms with Crippen molar-refractivity contribution in [2.24, 2.45) is 0 Å². The zero-order chi connectivity index (χ0) is 22.9. The zero-order valence-electron chi connectivity index (χ0n) is 18.6. The van der Waals surface area contributed by atoms with E-state index in [9.17, 15) is 8.42 Å². The lowest BCUT2D eigenvalue weighted by molar-refractivity contribution is 0.0787. The maximum atomic E-state index is 13.3. The molecule has 8 nitrogen and oxygen atoms in total. The van der Waals surface area contributed by atoms with Crippen molar-refractivity contribution in [3.63, 3.8) is 0 Å². The average molecular weight is 474 g/mol.